The van der Waals surface area contributed by atoms with Gasteiger partial charge in [0.25, 0.3) is 0 Å². The number of amidine groups is 1. The van der Waals surface area contributed by atoms with Crippen LogP contribution in [0.1, 0.15) is 29.1 Å². The normalized spacial score (nSPS) is 15.9. The lowest BCUT2D eigenvalue weighted by molar-refractivity contribution is 0.340. The molecule has 0 aliphatic carbocycles. The number of rotatable bonds is 2. The summed E-state index contributed by atoms with van der Waals surface area (Å²) >= 11 is 1.58. The minimum atomic E-state index is -0.290. The molecular formula is C13H12FN3S. The van der Waals surface area contributed by atoms with E-state index in [1.54, 1.807) is 23.6 Å². The standard InChI is InChI=1S/C13H12FN3S/c1-8(13-16-4-5-18-13)17-7-9-2-3-10(14)6-11(9)12(17)15/h2-6,8,15H,7H2,1H3. The summed E-state index contributed by atoms with van der Waals surface area (Å²) in [7, 11) is 0. The molecule has 3 nitrogen and oxygen atoms in total. The van der Waals surface area contributed by atoms with Crippen molar-refractivity contribution < 1.29 is 4.39 Å². The number of benzene rings is 1. The first kappa shape index (κ1) is 11.3. The highest BCUT2D eigenvalue weighted by Gasteiger charge is 2.29. The Labute approximate surface area is 108 Å². The maximum Gasteiger partial charge on any atom is 0.129 e. The second-order valence-corrected chi connectivity index (χ2v) is 5.25. The molecule has 92 valence electrons. The van der Waals surface area contributed by atoms with Crippen molar-refractivity contribution in [3.05, 3.63) is 51.7 Å². The van der Waals surface area contributed by atoms with Gasteiger partial charge in [0.2, 0.25) is 0 Å². The fourth-order valence-electron chi connectivity index (χ4n) is 2.23. The third kappa shape index (κ3) is 1.71. The summed E-state index contributed by atoms with van der Waals surface area (Å²) in [6.45, 7) is 2.67. The quantitative estimate of drug-likeness (QED) is 0.902. The zero-order valence-electron chi connectivity index (χ0n) is 9.85. The van der Waals surface area contributed by atoms with Crippen LogP contribution in [0.5, 0.6) is 0 Å². The average Bonchev–Trinajstić information content (AvgIpc) is 2.98. The van der Waals surface area contributed by atoms with Crippen LogP contribution in [-0.4, -0.2) is 15.7 Å². The zero-order chi connectivity index (χ0) is 12.7. The van der Waals surface area contributed by atoms with E-state index in [-0.39, 0.29) is 11.9 Å². The van der Waals surface area contributed by atoms with Gasteiger partial charge >= 0.3 is 0 Å². The molecule has 0 saturated heterocycles. The number of hydrogen-bond acceptors (Lipinski definition) is 3. The molecule has 1 unspecified atom stereocenters. The van der Waals surface area contributed by atoms with Gasteiger partial charge in [0, 0.05) is 23.7 Å². The number of fused-ring (bicyclic) bond motifs is 1. The predicted octanol–water partition coefficient (Wildman–Crippen LogP) is 3.18. The smallest absolute Gasteiger partial charge is 0.129 e. The number of nitrogens with one attached hydrogen (secondary N) is 1. The van der Waals surface area contributed by atoms with Crippen LogP contribution in [0.25, 0.3) is 0 Å². The van der Waals surface area contributed by atoms with Gasteiger partial charge in [-0.3, -0.25) is 5.41 Å². The van der Waals surface area contributed by atoms with Gasteiger partial charge in [-0.1, -0.05) is 6.07 Å². The summed E-state index contributed by atoms with van der Waals surface area (Å²) < 4.78 is 13.2. The molecule has 18 heavy (non-hydrogen) atoms. The fourth-order valence-corrected chi connectivity index (χ4v) is 2.94. The molecule has 0 spiro atoms. The molecule has 1 aromatic carbocycles. The number of aromatic nitrogens is 1. The lowest BCUT2D eigenvalue weighted by Crippen LogP contribution is -2.27. The van der Waals surface area contributed by atoms with Crippen LogP contribution in [0, 0.1) is 11.2 Å². The van der Waals surface area contributed by atoms with Crippen LogP contribution >= 0.6 is 11.3 Å². The van der Waals surface area contributed by atoms with E-state index in [0.717, 1.165) is 10.6 Å². The summed E-state index contributed by atoms with van der Waals surface area (Å²) in [4.78, 5) is 6.23. The Hall–Kier alpha value is -1.75. The summed E-state index contributed by atoms with van der Waals surface area (Å²) in [6, 6.07) is 4.69. The zero-order valence-corrected chi connectivity index (χ0v) is 10.7. The molecule has 5 heteroatoms. The van der Waals surface area contributed by atoms with E-state index in [2.05, 4.69) is 4.98 Å². The summed E-state index contributed by atoms with van der Waals surface area (Å²) in [5.74, 6) is 0.0921. The van der Waals surface area contributed by atoms with Gasteiger partial charge in [0.05, 0.1) is 6.04 Å². The Morgan fingerprint density at radius 2 is 2.33 bits per heavy atom. The second-order valence-electron chi connectivity index (χ2n) is 4.32. The predicted molar refractivity (Wildman–Crippen MR) is 69.3 cm³/mol. The molecule has 1 N–H and O–H groups in total. The van der Waals surface area contributed by atoms with Gasteiger partial charge in [-0.2, -0.15) is 0 Å². The molecule has 2 heterocycles. The van der Waals surface area contributed by atoms with E-state index in [4.69, 9.17) is 5.41 Å². The Morgan fingerprint density at radius 1 is 1.50 bits per heavy atom. The van der Waals surface area contributed by atoms with Crippen molar-refractivity contribution in [2.24, 2.45) is 0 Å². The lowest BCUT2D eigenvalue weighted by atomic mass is 10.1. The third-order valence-corrected chi connectivity index (χ3v) is 4.18. The molecule has 0 amide bonds. The molecule has 0 bridgehead atoms. The van der Waals surface area contributed by atoms with Crippen molar-refractivity contribution in [3.8, 4) is 0 Å². The van der Waals surface area contributed by atoms with Crippen LogP contribution in [0.15, 0.2) is 29.8 Å². The molecule has 0 saturated carbocycles. The molecule has 0 radical (unpaired) electrons. The largest absolute Gasteiger partial charge is 0.343 e. The second kappa shape index (κ2) is 4.17. The first-order chi connectivity index (χ1) is 8.66. The van der Waals surface area contributed by atoms with Crippen molar-refractivity contribution >= 4 is 17.2 Å². The van der Waals surface area contributed by atoms with Crippen molar-refractivity contribution in [3.63, 3.8) is 0 Å². The number of nitrogens with zero attached hydrogens (tertiary/aromatic N) is 2. The van der Waals surface area contributed by atoms with Gasteiger partial charge in [-0.25, -0.2) is 9.37 Å². The van der Waals surface area contributed by atoms with Gasteiger partial charge < -0.3 is 4.90 Å². The van der Waals surface area contributed by atoms with Crippen LogP contribution < -0.4 is 0 Å². The molecule has 1 aromatic heterocycles. The molecule has 1 aliphatic heterocycles. The topological polar surface area (TPSA) is 40.0 Å². The molecule has 1 atom stereocenters. The number of halogens is 1. The van der Waals surface area contributed by atoms with Gasteiger partial charge in [0.15, 0.2) is 0 Å². The first-order valence-corrected chi connectivity index (χ1v) is 6.58. The van der Waals surface area contributed by atoms with E-state index < -0.39 is 0 Å². The minimum absolute atomic E-state index is 0.0490. The van der Waals surface area contributed by atoms with E-state index in [1.165, 1.54) is 12.1 Å². The SMILES string of the molecule is CC(c1nccs1)N1Cc2ccc(F)cc2C1=N. The highest BCUT2D eigenvalue weighted by Crippen LogP contribution is 2.31. The average molecular weight is 261 g/mol. The van der Waals surface area contributed by atoms with Crippen molar-refractivity contribution in [1.29, 1.82) is 5.41 Å². The highest BCUT2D eigenvalue weighted by atomic mass is 32.1. The maximum absolute atomic E-state index is 13.2. The van der Waals surface area contributed by atoms with Crippen molar-refractivity contribution in [2.75, 3.05) is 0 Å². The Morgan fingerprint density at radius 3 is 3.06 bits per heavy atom. The summed E-state index contributed by atoms with van der Waals surface area (Å²) in [5.41, 5.74) is 1.70. The molecular weight excluding hydrogens is 249 g/mol. The van der Waals surface area contributed by atoms with E-state index in [0.29, 0.717) is 17.9 Å². The molecule has 2 aromatic rings. The Balaban J connectivity index is 1.93. The lowest BCUT2D eigenvalue weighted by Gasteiger charge is -2.24. The summed E-state index contributed by atoms with van der Waals surface area (Å²) in [5, 5.41) is 11.1. The minimum Gasteiger partial charge on any atom is -0.343 e. The molecule has 3 rings (SSSR count). The third-order valence-electron chi connectivity index (χ3n) is 3.23. The summed E-state index contributed by atoms with van der Waals surface area (Å²) in [6.07, 6.45) is 1.77. The highest BCUT2D eigenvalue weighted by molar-refractivity contribution is 7.09. The molecule has 1 aliphatic rings. The Kier molecular flexibility index (Phi) is 2.63. The van der Waals surface area contributed by atoms with E-state index in [9.17, 15) is 4.39 Å². The fraction of sp³-hybridized carbons (Fsp3) is 0.231. The van der Waals surface area contributed by atoms with Crippen LogP contribution in [0.4, 0.5) is 4.39 Å². The molecule has 0 fully saturated rings. The van der Waals surface area contributed by atoms with Crippen LogP contribution in [0.3, 0.4) is 0 Å². The van der Waals surface area contributed by atoms with E-state index >= 15 is 0 Å². The monoisotopic (exact) mass is 261 g/mol. The van der Waals surface area contributed by atoms with Gasteiger partial charge in [-0.15, -0.1) is 11.3 Å². The first-order valence-electron chi connectivity index (χ1n) is 5.70. The van der Waals surface area contributed by atoms with Gasteiger partial charge in [0.1, 0.15) is 16.7 Å². The maximum atomic E-state index is 13.2. The van der Waals surface area contributed by atoms with Crippen LogP contribution in [-0.2, 0) is 6.54 Å². The number of hydrogen-bond donors (Lipinski definition) is 1. The van der Waals surface area contributed by atoms with Crippen LogP contribution in [0.2, 0.25) is 0 Å². The van der Waals surface area contributed by atoms with E-state index in [1.807, 2.05) is 17.2 Å². The Bertz CT molecular complexity index is 594. The number of thiazole rings is 1. The van der Waals surface area contributed by atoms with Crippen molar-refractivity contribution in [2.45, 2.75) is 19.5 Å². The van der Waals surface area contributed by atoms with Gasteiger partial charge in [-0.05, 0) is 24.6 Å². The van der Waals surface area contributed by atoms with Crippen molar-refractivity contribution in [1.82, 2.24) is 9.88 Å².